The van der Waals surface area contributed by atoms with Gasteiger partial charge in [0, 0.05) is 43.8 Å². The molecule has 5 heterocycles. The van der Waals surface area contributed by atoms with Gasteiger partial charge in [-0.3, -0.25) is 14.3 Å². The number of amides is 2. The van der Waals surface area contributed by atoms with Gasteiger partial charge in [0.2, 0.25) is 5.91 Å². The molecule has 0 saturated carbocycles. The zero-order chi connectivity index (χ0) is 29.1. The molecule has 4 aromatic rings. The van der Waals surface area contributed by atoms with Crippen molar-refractivity contribution in [3.63, 3.8) is 0 Å². The van der Waals surface area contributed by atoms with Crippen molar-refractivity contribution < 1.29 is 23.1 Å². The molecule has 0 radical (unpaired) electrons. The van der Waals surface area contributed by atoms with Crippen molar-refractivity contribution >= 4 is 23.1 Å². The predicted molar refractivity (Wildman–Crippen MR) is 150 cm³/mol. The van der Waals surface area contributed by atoms with Gasteiger partial charge < -0.3 is 19.9 Å². The third-order valence-corrected chi connectivity index (χ3v) is 7.87. The SMILES string of the molecule is O=C(Nc1cn(CC(=O)N2CCC(CN3CCCC3)CC2)nc1-c1ccccc1OC(F)F)c1cnn2cccnc12. The molecule has 0 atom stereocenters. The number of alkyl halides is 2. The number of aromatic nitrogens is 5. The molecule has 2 amide bonds. The van der Waals surface area contributed by atoms with Crippen LogP contribution in [-0.2, 0) is 11.3 Å². The maximum absolute atomic E-state index is 13.3. The number of nitrogens with zero attached hydrogens (tertiary/aromatic N) is 7. The van der Waals surface area contributed by atoms with Crippen LogP contribution in [0.3, 0.4) is 0 Å². The van der Waals surface area contributed by atoms with Crippen LogP contribution < -0.4 is 10.1 Å². The van der Waals surface area contributed by atoms with Gasteiger partial charge in [-0.25, -0.2) is 9.50 Å². The van der Waals surface area contributed by atoms with E-state index in [9.17, 15) is 18.4 Å². The molecule has 2 aliphatic rings. The van der Waals surface area contributed by atoms with E-state index in [1.54, 1.807) is 36.7 Å². The van der Waals surface area contributed by atoms with Gasteiger partial charge in [-0.05, 0) is 62.9 Å². The van der Waals surface area contributed by atoms with E-state index in [1.165, 1.54) is 53.6 Å². The Labute approximate surface area is 241 Å². The van der Waals surface area contributed by atoms with Crippen molar-refractivity contribution in [1.29, 1.82) is 0 Å². The average molecular weight is 579 g/mol. The number of benzene rings is 1. The first-order valence-corrected chi connectivity index (χ1v) is 14.2. The van der Waals surface area contributed by atoms with Crippen molar-refractivity contribution in [2.45, 2.75) is 38.8 Å². The zero-order valence-corrected chi connectivity index (χ0v) is 23.0. The molecular weight excluding hydrogens is 546 g/mol. The van der Waals surface area contributed by atoms with Crippen LogP contribution in [0.25, 0.3) is 16.9 Å². The molecule has 1 N–H and O–H groups in total. The van der Waals surface area contributed by atoms with E-state index in [-0.39, 0.29) is 40.7 Å². The highest BCUT2D eigenvalue weighted by Crippen LogP contribution is 2.35. The molecule has 0 spiro atoms. The van der Waals surface area contributed by atoms with E-state index in [1.807, 2.05) is 4.90 Å². The van der Waals surface area contributed by atoms with Crippen LogP contribution in [-0.4, -0.2) is 85.3 Å². The minimum Gasteiger partial charge on any atom is -0.434 e. The van der Waals surface area contributed by atoms with Gasteiger partial charge in [0.25, 0.3) is 5.91 Å². The number of ether oxygens (including phenoxy) is 1. The smallest absolute Gasteiger partial charge is 0.387 e. The summed E-state index contributed by atoms with van der Waals surface area (Å²) in [6.07, 6.45) is 10.6. The fraction of sp³-hybridized carbons (Fsp3) is 0.414. The molecule has 0 bridgehead atoms. The average Bonchev–Trinajstić information content (AvgIpc) is 3.74. The Morgan fingerprint density at radius 3 is 2.64 bits per heavy atom. The second kappa shape index (κ2) is 12.2. The first-order valence-electron chi connectivity index (χ1n) is 14.2. The van der Waals surface area contributed by atoms with Crippen LogP contribution in [0.5, 0.6) is 5.75 Å². The van der Waals surface area contributed by atoms with E-state index in [0.717, 1.165) is 19.4 Å². The van der Waals surface area contributed by atoms with E-state index in [4.69, 9.17) is 4.74 Å². The number of nitrogens with one attached hydrogen (secondary N) is 1. The van der Waals surface area contributed by atoms with Crippen molar-refractivity contribution in [2.75, 3.05) is 38.0 Å². The minimum absolute atomic E-state index is 0.0597. The Hall–Kier alpha value is -4.39. The predicted octanol–water partition coefficient (Wildman–Crippen LogP) is 3.78. The molecule has 0 aliphatic carbocycles. The highest BCUT2D eigenvalue weighted by atomic mass is 19.3. The summed E-state index contributed by atoms with van der Waals surface area (Å²) in [6, 6.07) is 7.89. The van der Waals surface area contributed by atoms with Crippen molar-refractivity contribution in [1.82, 2.24) is 34.2 Å². The lowest BCUT2D eigenvalue weighted by Gasteiger charge is -2.33. The Kier molecular flexibility index (Phi) is 8.08. The quantitative estimate of drug-likeness (QED) is 0.322. The number of carbonyl (C=O) groups excluding carboxylic acids is 2. The molecule has 0 unspecified atom stereocenters. The maximum atomic E-state index is 13.3. The van der Waals surface area contributed by atoms with E-state index < -0.39 is 12.5 Å². The van der Waals surface area contributed by atoms with Gasteiger partial charge in [-0.15, -0.1) is 0 Å². The summed E-state index contributed by atoms with van der Waals surface area (Å²) in [5.41, 5.74) is 1.26. The van der Waals surface area contributed by atoms with Crippen molar-refractivity contribution in [3.05, 3.63) is 60.7 Å². The summed E-state index contributed by atoms with van der Waals surface area (Å²) in [5.74, 6) is -0.114. The maximum Gasteiger partial charge on any atom is 0.387 e. The monoisotopic (exact) mass is 578 g/mol. The molecule has 220 valence electrons. The summed E-state index contributed by atoms with van der Waals surface area (Å²) in [7, 11) is 0. The Morgan fingerprint density at radius 1 is 1.07 bits per heavy atom. The number of rotatable bonds is 9. The molecule has 2 aliphatic heterocycles. The number of hydrogen-bond acceptors (Lipinski definition) is 7. The van der Waals surface area contributed by atoms with Crippen LogP contribution in [0.4, 0.5) is 14.5 Å². The van der Waals surface area contributed by atoms with Crippen molar-refractivity contribution in [3.8, 4) is 17.0 Å². The lowest BCUT2D eigenvalue weighted by Crippen LogP contribution is -2.42. The highest BCUT2D eigenvalue weighted by Gasteiger charge is 2.27. The van der Waals surface area contributed by atoms with E-state index in [2.05, 4.69) is 25.4 Å². The number of anilines is 1. The summed E-state index contributed by atoms with van der Waals surface area (Å²) in [5, 5.41) is 11.5. The van der Waals surface area contributed by atoms with E-state index >= 15 is 0 Å². The standard InChI is InChI=1S/C29H32F2N8O3/c30-29(31)42-24-7-2-1-6-21(24)26-23(34-28(41)22-16-33-39-13-5-10-32-27(22)39)18-38(35-26)19-25(40)37-14-8-20(9-15-37)17-36-11-3-4-12-36/h1-2,5-7,10,13,16,18,20,29H,3-4,8-9,11-12,14-15,17,19H2,(H,34,41). The second-order valence-electron chi connectivity index (χ2n) is 10.7. The minimum atomic E-state index is -3.05. The largest absolute Gasteiger partial charge is 0.434 e. The van der Waals surface area contributed by atoms with Crippen LogP contribution in [0.1, 0.15) is 36.0 Å². The fourth-order valence-electron chi connectivity index (χ4n) is 5.76. The topological polar surface area (TPSA) is 110 Å². The molecule has 6 rings (SSSR count). The Morgan fingerprint density at radius 2 is 1.86 bits per heavy atom. The van der Waals surface area contributed by atoms with Crippen LogP contribution in [0.15, 0.2) is 55.1 Å². The zero-order valence-electron chi connectivity index (χ0n) is 23.0. The number of fused-ring (bicyclic) bond motifs is 1. The lowest BCUT2D eigenvalue weighted by atomic mass is 9.96. The van der Waals surface area contributed by atoms with Gasteiger partial charge in [-0.2, -0.15) is 19.0 Å². The summed E-state index contributed by atoms with van der Waals surface area (Å²) in [6.45, 7) is 1.68. The lowest BCUT2D eigenvalue weighted by molar-refractivity contribution is -0.133. The molecule has 13 heteroatoms. The molecule has 2 fully saturated rings. The number of piperidine rings is 1. The number of hydrogen-bond donors (Lipinski definition) is 1. The van der Waals surface area contributed by atoms with Gasteiger partial charge in [0.15, 0.2) is 5.65 Å². The van der Waals surface area contributed by atoms with Crippen LogP contribution in [0.2, 0.25) is 0 Å². The first kappa shape index (κ1) is 27.8. The van der Waals surface area contributed by atoms with Crippen molar-refractivity contribution in [2.24, 2.45) is 5.92 Å². The number of halogens is 2. The normalized spacial score (nSPS) is 16.4. The molecule has 1 aromatic carbocycles. The van der Waals surface area contributed by atoms with Gasteiger partial charge in [0.1, 0.15) is 23.6 Å². The molecule has 2 saturated heterocycles. The van der Waals surface area contributed by atoms with Gasteiger partial charge in [0.05, 0.1) is 11.9 Å². The number of likely N-dealkylation sites (tertiary alicyclic amines) is 2. The Balaban J connectivity index is 1.22. The summed E-state index contributed by atoms with van der Waals surface area (Å²) < 4.78 is 34.0. The van der Waals surface area contributed by atoms with Crippen LogP contribution >= 0.6 is 0 Å². The summed E-state index contributed by atoms with van der Waals surface area (Å²) >= 11 is 0. The number of carbonyl (C=O) groups is 2. The summed E-state index contributed by atoms with van der Waals surface area (Å²) in [4.78, 5) is 35.2. The van der Waals surface area contributed by atoms with Crippen LogP contribution in [0, 0.1) is 5.92 Å². The van der Waals surface area contributed by atoms with Gasteiger partial charge in [-0.1, -0.05) is 12.1 Å². The third kappa shape index (κ3) is 6.10. The fourth-order valence-corrected chi connectivity index (χ4v) is 5.76. The molecule has 11 nitrogen and oxygen atoms in total. The third-order valence-electron chi connectivity index (χ3n) is 7.87. The molecule has 3 aromatic heterocycles. The first-order chi connectivity index (χ1) is 20.4. The Bertz CT molecular complexity index is 1560. The highest BCUT2D eigenvalue weighted by molar-refractivity contribution is 6.09. The molecular formula is C29H32F2N8O3. The second-order valence-corrected chi connectivity index (χ2v) is 10.7. The van der Waals surface area contributed by atoms with Gasteiger partial charge >= 0.3 is 6.61 Å². The number of para-hydroxylation sites is 1. The van der Waals surface area contributed by atoms with E-state index in [0.29, 0.717) is 24.7 Å². The molecule has 42 heavy (non-hydrogen) atoms.